The number of ether oxygens (including phenoxy) is 4. The molecule has 0 spiro atoms. The van der Waals surface area contributed by atoms with E-state index in [-0.39, 0.29) is 0 Å². The summed E-state index contributed by atoms with van der Waals surface area (Å²) in [6.45, 7) is 11.4. The second-order valence-corrected chi connectivity index (χ2v) is 8.98. The molecule has 1 aliphatic rings. The van der Waals surface area contributed by atoms with Gasteiger partial charge in [-0.25, -0.2) is 9.59 Å². The topological polar surface area (TPSA) is 71.1 Å². The summed E-state index contributed by atoms with van der Waals surface area (Å²) in [6, 6.07) is 18.8. The van der Waals surface area contributed by atoms with Gasteiger partial charge in [0.05, 0.1) is 13.2 Å². The van der Waals surface area contributed by atoms with Gasteiger partial charge in [0.2, 0.25) is 0 Å². The van der Waals surface area contributed by atoms with Crippen molar-refractivity contribution in [2.75, 3.05) is 13.2 Å². The highest BCUT2D eigenvalue weighted by Crippen LogP contribution is 2.50. The zero-order chi connectivity index (χ0) is 26.1. The molecule has 0 bridgehead atoms. The van der Waals surface area contributed by atoms with Crippen LogP contribution in [0.4, 0.5) is 0 Å². The first-order valence-corrected chi connectivity index (χ1v) is 12.0. The third-order valence-corrected chi connectivity index (χ3v) is 6.10. The van der Waals surface area contributed by atoms with Crippen LogP contribution < -0.4 is 18.9 Å². The van der Waals surface area contributed by atoms with Crippen molar-refractivity contribution in [3.8, 4) is 34.1 Å². The molecule has 1 heterocycles. The Morgan fingerprint density at radius 2 is 1.05 bits per heavy atom. The highest BCUT2D eigenvalue weighted by atomic mass is 16.5. The van der Waals surface area contributed by atoms with Crippen molar-refractivity contribution in [3.05, 3.63) is 85.0 Å². The van der Waals surface area contributed by atoms with Crippen LogP contribution in [0.5, 0.6) is 23.0 Å². The van der Waals surface area contributed by atoms with E-state index in [0.717, 1.165) is 32.7 Å². The number of carbonyl (C=O) groups excluding carboxylic acids is 2. The Bertz CT molecular complexity index is 1480. The summed E-state index contributed by atoms with van der Waals surface area (Å²) in [5.74, 6) is 0.886. The van der Waals surface area contributed by atoms with E-state index in [1.807, 2.05) is 48.5 Å². The standard InChI is InChI=1S/C31H26O6/c1-18(2)30(32)36-24-16-26-28(22-12-7-5-10-20(22)24)29-23-13-8-6-11-21(23)25(37-31(33)19(3)4)17-27(29)35-15-9-14-34-26/h5-8,10-13,16-17H,1,3,9,14-15H2,2,4H3. The minimum absolute atomic E-state index is 0.301. The number of rotatable bonds is 4. The van der Waals surface area contributed by atoms with Gasteiger partial charge in [-0.2, -0.15) is 0 Å². The number of fused-ring (bicyclic) bond motifs is 7. The molecule has 0 radical (unpaired) electrons. The molecule has 0 amide bonds. The zero-order valence-electron chi connectivity index (χ0n) is 20.8. The summed E-state index contributed by atoms with van der Waals surface area (Å²) >= 11 is 0. The monoisotopic (exact) mass is 494 g/mol. The minimum Gasteiger partial charge on any atom is -0.493 e. The van der Waals surface area contributed by atoms with Crippen molar-refractivity contribution >= 4 is 33.5 Å². The van der Waals surface area contributed by atoms with Crippen LogP contribution in [0.15, 0.2) is 85.0 Å². The van der Waals surface area contributed by atoms with Gasteiger partial charge >= 0.3 is 11.9 Å². The van der Waals surface area contributed by atoms with Crippen LogP contribution in [0.2, 0.25) is 0 Å². The molecule has 0 N–H and O–H groups in total. The summed E-state index contributed by atoms with van der Waals surface area (Å²) in [5, 5.41) is 3.14. The number of esters is 2. The molecule has 0 fully saturated rings. The summed E-state index contributed by atoms with van der Waals surface area (Å²) in [5.41, 5.74) is 2.21. The largest absolute Gasteiger partial charge is 0.493 e. The fraction of sp³-hybridized carbons (Fsp3) is 0.161. The first-order chi connectivity index (χ1) is 17.8. The average Bonchev–Trinajstić information content (AvgIpc) is 2.97. The van der Waals surface area contributed by atoms with Gasteiger partial charge in [-0.15, -0.1) is 0 Å². The third kappa shape index (κ3) is 4.54. The summed E-state index contributed by atoms with van der Waals surface area (Å²) in [6.07, 6.45) is 0.625. The SMILES string of the molecule is C=C(C)C(=O)Oc1cc2c(c3ccccc13)-c1c(cc(OC(=O)C(=C)C)c3ccccc13)OCCCO2. The van der Waals surface area contributed by atoms with E-state index in [0.29, 0.717) is 53.8 Å². The fourth-order valence-electron chi connectivity index (χ4n) is 4.34. The smallest absolute Gasteiger partial charge is 0.338 e. The lowest BCUT2D eigenvalue weighted by atomic mass is 9.91. The molecule has 186 valence electrons. The predicted octanol–water partition coefficient (Wildman–Crippen LogP) is 6.78. The van der Waals surface area contributed by atoms with Crippen LogP contribution in [0.1, 0.15) is 20.3 Å². The van der Waals surface area contributed by atoms with Crippen LogP contribution in [0.3, 0.4) is 0 Å². The van der Waals surface area contributed by atoms with Crippen LogP contribution in [0, 0.1) is 0 Å². The number of hydrogen-bond acceptors (Lipinski definition) is 6. The van der Waals surface area contributed by atoms with Gasteiger partial charge in [0.15, 0.2) is 0 Å². The highest BCUT2D eigenvalue weighted by molar-refractivity contribution is 6.13. The molecule has 0 aliphatic carbocycles. The zero-order valence-corrected chi connectivity index (χ0v) is 20.8. The Balaban J connectivity index is 1.84. The van der Waals surface area contributed by atoms with Crippen LogP contribution >= 0.6 is 0 Å². The molecule has 5 rings (SSSR count). The molecular formula is C31H26O6. The van der Waals surface area contributed by atoms with Gasteiger partial charge in [-0.1, -0.05) is 61.7 Å². The summed E-state index contributed by atoms with van der Waals surface area (Å²) in [7, 11) is 0. The van der Waals surface area contributed by atoms with Crippen molar-refractivity contribution in [3.63, 3.8) is 0 Å². The van der Waals surface area contributed by atoms with E-state index >= 15 is 0 Å². The lowest BCUT2D eigenvalue weighted by molar-refractivity contribution is -0.130. The molecule has 6 heteroatoms. The van der Waals surface area contributed by atoms with Gasteiger partial charge in [0.25, 0.3) is 0 Å². The molecular weight excluding hydrogens is 468 g/mol. The summed E-state index contributed by atoms with van der Waals surface area (Å²) in [4.78, 5) is 24.8. The predicted molar refractivity (Wildman–Crippen MR) is 143 cm³/mol. The third-order valence-electron chi connectivity index (χ3n) is 6.10. The van der Waals surface area contributed by atoms with Gasteiger partial charge in [0, 0.05) is 51.6 Å². The van der Waals surface area contributed by atoms with E-state index in [9.17, 15) is 9.59 Å². The first kappa shape index (κ1) is 24.1. The maximum Gasteiger partial charge on any atom is 0.338 e. The molecule has 6 nitrogen and oxygen atoms in total. The van der Waals surface area contributed by atoms with E-state index in [1.54, 1.807) is 26.0 Å². The molecule has 4 aromatic carbocycles. The van der Waals surface area contributed by atoms with Crippen LogP contribution in [0.25, 0.3) is 32.7 Å². The number of carbonyl (C=O) groups is 2. The highest BCUT2D eigenvalue weighted by Gasteiger charge is 2.25. The average molecular weight is 495 g/mol. The molecule has 4 aromatic rings. The Morgan fingerprint density at radius 3 is 1.43 bits per heavy atom. The van der Waals surface area contributed by atoms with Crippen LogP contribution in [-0.2, 0) is 9.59 Å². The van der Waals surface area contributed by atoms with Crippen molar-refractivity contribution < 1.29 is 28.5 Å². The Hall–Kier alpha value is -4.58. The van der Waals surface area contributed by atoms with Crippen molar-refractivity contribution in [1.82, 2.24) is 0 Å². The molecule has 0 atom stereocenters. The Kier molecular flexibility index (Phi) is 6.40. The molecule has 0 unspecified atom stereocenters. The van der Waals surface area contributed by atoms with Crippen molar-refractivity contribution in [1.29, 1.82) is 0 Å². The van der Waals surface area contributed by atoms with Gasteiger partial charge < -0.3 is 18.9 Å². The molecule has 0 saturated carbocycles. The lowest BCUT2D eigenvalue weighted by Crippen LogP contribution is -2.09. The maximum atomic E-state index is 12.4. The second-order valence-electron chi connectivity index (χ2n) is 8.98. The minimum atomic E-state index is -0.508. The maximum absolute atomic E-state index is 12.4. The molecule has 0 saturated heterocycles. The number of hydrogen-bond donors (Lipinski definition) is 0. The molecule has 37 heavy (non-hydrogen) atoms. The molecule has 1 aliphatic heterocycles. The van der Waals surface area contributed by atoms with E-state index in [2.05, 4.69) is 13.2 Å². The second kappa shape index (κ2) is 9.82. The van der Waals surface area contributed by atoms with Crippen LogP contribution in [-0.4, -0.2) is 25.2 Å². The van der Waals surface area contributed by atoms with Gasteiger partial charge in [-0.3, -0.25) is 0 Å². The fourth-order valence-corrected chi connectivity index (χ4v) is 4.34. The van der Waals surface area contributed by atoms with Gasteiger partial charge in [0.1, 0.15) is 23.0 Å². The normalized spacial score (nSPS) is 12.6. The molecule has 0 aromatic heterocycles. The Morgan fingerprint density at radius 1 is 0.676 bits per heavy atom. The van der Waals surface area contributed by atoms with Crippen molar-refractivity contribution in [2.45, 2.75) is 20.3 Å². The van der Waals surface area contributed by atoms with Crippen molar-refractivity contribution in [2.24, 2.45) is 0 Å². The quantitative estimate of drug-likeness (QED) is 0.177. The van der Waals surface area contributed by atoms with E-state index in [4.69, 9.17) is 18.9 Å². The van der Waals surface area contributed by atoms with E-state index < -0.39 is 11.9 Å². The first-order valence-electron chi connectivity index (χ1n) is 12.0. The van der Waals surface area contributed by atoms with E-state index in [1.165, 1.54) is 0 Å². The Labute approximate surface area is 214 Å². The lowest BCUT2D eigenvalue weighted by Gasteiger charge is -2.20. The number of benzene rings is 4. The summed E-state index contributed by atoms with van der Waals surface area (Å²) < 4.78 is 23.9. The van der Waals surface area contributed by atoms with Gasteiger partial charge in [-0.05, 0) is 24.6 Å².